The van der Waals surface area contributed by atoms with Crippen LogP contribution in [-0.4, -0.2) is 65.8 Å². The van der Waals surface area contributed by atoms with Crippen LogP contribution < -0.4 is 10.1 Å². The van der Waals surface area contributed by atoms with Crippen LogP contribution in [0, 0.1) is 5.41 Å². The van der Waals surface area contributed by atoms with Crippen LogP contribution in [0.1, 0.15) is 45.7 Å². The molecule has 1 N–H and O–H groups in total. The quantitative estimate of drug-likeness (QED) is 0.524. The molecule has 2 aliphatic rings. The Bertz CT molecular complexity index is 1300. The molecular formula is C29H30N4O4. The summed E-state index contributed by atoms with van der Waals surface area (Å²) < 4.78 is 5.33. The molecule has 3 heterocycles. The van der Waals surface area contributed by atoms with E-state index in [4.69, 9.17) is 4.74 Å². The van der Waals surface area contributed by atoms with Gasteiger partial charge in [-0.25, -0.2) is 4.79 Å². The first-order chi connectivity index (χ1) is 18.0. The summed E-state index contributed by atoms with van der Waals surface area (Å²) in [5, 5.41) is 2.95. The van der Waals surface area contributed by atoms with Crippen LogP contribution in [0.15, 0.2) is 72.9 Å². The molecule has 0 bridgehead atoms. The summed E-state index contributed by atoms with van der Waals surface area (Å²) >= 11 is 0. The van der Waals surface area contributed by atoms with Crippen molar-refractivity contribution in [3.63, 3.8) is 0 Å². The van der Waals surface area contributed by atoms with Gasteiger partial charge in [-0.2, -0.15) is 0 Å². The zero-order chi connectivity index (χ0) is 25.8. The summed E-state index contributed by atoms with van der Waals surface area (Å²) in [6.07, 6.45) is 4.05. The van der Waals surface area contributed by atoms with E-state index >= 15 is 0 Å². The third-order valence-corrected chi connectivity index (χ3v) is 7.48. The van der Waals surface area contributed by atoms with Crippen LogP contribution in [0.4, 0.5) is 10.5 Å². The predicted molar refractivity (Wildman–Crippen MR) is 140 cm³/mol. The fraction of sp³-hybridized carbons (Fsp3) is 0.310. The number of ether oxygens (including phenoxy) is 1. The predicted octanol–water partition coefficient (Wildman–Crippen LogP) is 4.48. The van der Waals surface area contributed by atoms with E-state index < -0.39 is 0 Å². The van der Waals surface area contributed by atoms with Crippen LogP contribution in [0.25, 0.3) is 0 Å². The number of urea groups is 1. The first kappa shape index (κ1) is 24.5. The number of anilines is 1. The maximum absolute atomic E-state index is 13.5. The van der Waals surface area contributed by atoms with Gasteiger partial charge in [0.05, 0.1) is 18.4 Å². The number of likely N-dealkylation sites (tertiary alicyclic amines) is 2. The lowest BCUT2D eigenvalue weighted by Crippen LogP contribution is -2.46. The highest BCUT2D eigenvalue weighted by Crippen LogP contribution is 2.41. The van der Waals surface area contributed by atoms with Crippen LogP contribution in [0.5, 0.6) is 5.75 Å². The van der Waals surface area contributed by atoms with E-state index in [1.165, 1.54) is 0 Å². The Balaban J connectivity index is 1.23. The van der Waals surface area contributed by atoms with Crippen LogP contribution in [0.3, 0.4) is 0 Å². The molecule has 2 saturated heterocycles. The number of nitrogens with one attached hydrogen (secondary N) is 1. The zero-order valence-corrected chi connectivity index (χ0v) is 20.9. The highest BCUT2D eigenvalue weighted by molar-refractivity contribution is 6.14. The summed E-state index contributed by atoms with van der Waals surface area (Å²) in [5.74, 6) is 0.197. The number of amides is 3. The third-order valence-electron chi connectivity index (χ3n) is 7.48. The smallest absolute Gasteiger partial charge is 0.321 e. The van der Waals surface area contributed by atoms with Gasteiger partial charge in [-0.15, -0.1) is 0 Å². The third kappa shape index (κ3) is 5.05. The molecule has 0 unspecified atom stereocenters. The number of benzene rings is 2. The molecule has 0 atom stereocenters. The van der Waals surface area contributed by atoms with Gasteiger partial charge >= 0.3 is 6.03 Å². The van der Waals surface area contributed by atoms with Gasteiger partial charge < -0.3 is 19.9 Å². The van der Waals surface area contributed by atoms with E-state index in [9.17, 15) is 14.4 Å². The van der Waals surface area contributed by atoms with E-state index in [1.807, 2.05) is 40.1 Å². The Morgan fingerprint density at radius 2 is 1.54 bits per heavy atom. The minimum atomic E-state index is -0.215. The van der Waals surface area contributed by atoms with Crippen LogP contribution in [-0.2, 0) is 0 Å². The minimum absolute atomic E-state index is 0.0325. The van der Waals surface area contributed by atoms with E-state index in [2.05, 4.69) is 10.3 Å². The topological polar surface area (TPSA) is 91.8 Å². The molecule has 2 aliphatic heterocycles. The van der Waals surface area contributed by atoms with Gasteiger partial charge in [0.1, 0.15) is 11.4 Å². The van der Waals surface area contributed by atoms with Crippen molar-refractivity contribution in [3.8, 4) is 5.75 Å². The standard InChI is InChI=1S/C29H30N4O4/c1-37-24-12-6-5-11-23(24)31-28(36)32-17-13-29(14-18-32)15-19-33(20-29)27(35)25-22(10-7-16-30-25)26(34)21-8-3-2-4-9-21/h2-12,16H,13-15,17-20H2,1H3,(H,31,36). The number of aromatic nitrogens is 1. The van der Waals surface area contributed by atoms with Crippen molar-refractivity contribution in [2.45, 2.75) is 19.3 Å². The van der Waals surface area contributed by atoms with Gasteiger partial charge in [0.25, 0.3) is 5.91 Å². The van der Waals surface area contributed by atoms with Crippen molar-refractivity contribution < 1.29 is 19.1 Å². The summed E-state index contributed by atoms with van der Waals surface area (Å²) in [4.78, 5) is 47.4. The van der Waals surface area contributed by atoms with Crippen molar-refractivity contribution in [1.29, 1.82) is 0 Å². The summed E-state index contributed by atoms with van der Waals surface area (Å²) in [6.45, 7) is 2.44. The zero-order valence-electron chi connectivity index (χ0n) is 20.9. The van der Waals surface area contributed by atoms with Crippen molar-refractivity contribution >= 4 is 23.4 Å². The highest BCUT2D eigenvalue weighted by Gasteiger charge is 2.43. The number of methoxy groups -OCH3 is 1. The van der Waals surface area contributed by atoms with Crippen molar-refractivity contribution in [3.05, 3.63) is 89.7 Å². The Kier molecular flexibility index (Phi) is 6.90. The lowest BCUT2D eigenvalue weighted by atomic mass is 9.78. The number of nitrogens with zero attached hydrogens (tertiary/aromatic N) is 3. The molecule has 0 aliphatic carbocycles. The van der Waals surface area contributed by atoms with Gasteiger partial charge in [0.15, 0.2) is 5.78 Å². The highest BCUT2D eigenvalue weighted by atomic mass is 16.5. The van der Waals surface area contributed by atoms with Crippen LogP contribution >= 0.6 is 0 Å². The first-order valence-electron chi connectivity index (χ1n) is 12.5. The molecule has 3 amide bonds. The molecular weight excluding hydrogens is 468 g/mol. The van der Waals surface area contributed by atoms with Gasteiger partial charge in [-0.1, -0.05) is 42.5 Å². The number of hydrogen-bond donors (Lipinski definition) is 1. The molecule has 190 valence electrons. The molecule has 2 aromatic carbocycles. The summed E-state index contributed by atoms with van der Waals surface area (Å²) in [6, 6.07) is 19.5. The fourth-order valence-electron chi connectivity index (χ4n) is 5.30. The molecule has 2 fully saturated rings. The second-order valence-electron chi connectivity index (χ2n) is 9.69. The maximum atomic E-state index is 13.5. The normalized spacial score (nSPS) is 16.5. The van der Waals surface area contributed by atoms with Gasteiger partial charge in [-0.3, -0.25) is 14.6 Å². The number of ketones is 1. The molecule has 0 saturated carbocycles. The molecule has 1 spiro atoms. The number of hydrogen-bond acceptors (Lipinski definition) is 5. The van der Waals surface area contributed by atoms with Gasteiger partial charge in [0.2, 0.25) is 0 Å². The number of rotatable bonds is 5. The monoisotopic (exact) mass is 498 g/mol. The number of piperidine rings is 1. The average Bonchev–Trinajstić information content (AvgIpc) is 3.36. The Hall–Kier alpha value is -4.20. The molecule has 0 radical (unpaired) electrons. The second-order valence-corrected chi connectivity index (χ2v) is 9.69. The summed E-state index contributed by atoms with van der Waals surface area (Å²) in [7, 11) is 1.58. The maximum Gasteiger partial charge on any atom is 0.321 e. The molecule has 5 rings (SSSR count). The average molecular weight is 499 g/mol. The van der Waals surface area contributed by atoms with Crippen molar-refractivity contribution in [2.75, 3.05) is 38.6 Å². The van der Waals surface area contributed by atoms with Gasteiger partial charge in [-0.05, 0) is 48.9 Å². The van der Waals surface area contributed by atoms with Gasteiger partial charge in [0, 0.05) is 37.9 Å². The molecule has 8 heteroatoms. The van der Waals surface area contributed by atoms with E-state index in [0.29, 0.717) is 48.7 Å². The Morgan fingerprint density at radius 3 is 2.27 bits per heavy atom. The SMILES string of the molecule is COc1ccccc1NC(=O)N1CCC2(CC1)CCN(C(=O)c1ncccc1C(=O)c1ccccc1)C2. The second kappa shape index (κ2) is 10.4. The number of carbonyl (C=O) groups excluding carboxylic acids is 3. The van der Waals surface area contributed by atoms with E-state index in [-0.39, 0.29) is 28.8 Å². The first-order valence-corrected chi connectivity index (χ1v) is 12.5. The molecule has 37 heavy (non-hydrogen) atoms. The summed E-state index contributed by atoms with van der Waals surface area (Å²) in [5.41, 5.74) is 1.66. The Morgan fingerprint density at radius 1 is 0.865 bits per heavy atom. The molecule has 3 aromatic rings. The van der Waals surface area contributed by atoms with E-state index in [1.54, 1.807) is 49.7 Å². The fourth-order valence-corrected chi connectivity index (χ4v) is 5.30. The number of para-hydroxylation sites is 2. The van der Waals surface area contributed by atoms with Crippen molar-refractivity contribution in [1.82, 2.24) is 14.8 Å². The lowest BCUT2D eigenvalue weighted by Gasteiger charge is -2.39. The Labute approximate surface area is 216 Å². The lowest BCUT2D eigenvalue weighted by molar-refractivity contribution is 0.0730. The number of carbonyl (C=O) groups is 3. The van der Waals surface area contributed by atoms with E-state index in [0.717, 1.165) is 19.3 Å². The molecule has 1 aromatic heterocycles. The minimum Gasteiger partial charge on any atom is -0.495 e. The van der Waals surface area contributed by atoms with Crippen molar-refractivity contribution in [2.24, 2.45) is 5.41 Å². The number of pyridine rings is 1. The molecule has 8 nitrogen and oxygen atoms in total. The van der Waals surface area contributed by atoms with Crippen LogP contribution in [0.2, 0.25) is 0 Å². The largest absolute Gasteiger partial charge is 0.495 e.